The van der Waals surface area contributed by atoms with E-state index < -0.39 is 12.1 Å². The van der Waals surface area contributed by atoms with E-state index in [0.717, 1.165) is 5.56 Å². The second-order valence-electron chi connectivity index (χ2n) is 4.81. The van der Waals surface area contributed by atoms with Crippen LogP contribution in [0.3, 0.4) is 0 Å². The molecule has 0 saturated carbocycles. The minimum Gasteiger partial charge on any atom is -0.457 e. The van der Waals surface area contributed by atoms with Crippen LogP contribution in [0.4, 0.5) is 10.5 Å². The summed E-state index contributed by atoms with van der Waals surface area (Å²) in [5.74, 6) is -0.508. The molecule has 122 valence electrons. The van der Waals surface area contributed by atoms with Gasteiger partial charge in [-0.3, -0.25) is 5.32 Å². The van der Waals surface area contributed by atoms with Crippen LogP contribution in [0.5, 0.6) is 0 Å². The summed E-state index contributed by atoms with van der Waals surface area (Å²) in [6.45, 7) is 2.06. The Morgan fingerprint density at radius 3 is 2.54 bits per heavy atom. The largest absolute Gasteiger partial charge is 0.457 e. The lowest BCUT2D eigenvalue weighted by atomic mass is 10.1. The van der Waals surface area contributed by atoms with Crippen molar-refractivity contribution in [3.8, 4) is 6.07 Å². The van der Waals surface area contributed by atoms with Crippen LogP contribution >= 0.6 is 0 Å². The summed E-state index contributed by atoms with van der Waals surface area (Å²) < 4.78 is 10.0. The smallest absolute Gasteiger partial charge is 0.411 e. The molecule has 6 heteroatoms. The zero-order chi connectivity index (χ0) is 17.4. The summed E-state index contributed by atoms with van der Waals surface area (Å²) in [5.41, 5.74) is 2.09. The summed E-state index contributed by atoms with van der Waals surface area (Å²) >= 11 is 0. The van der Waals surface area contributed by atoms with E-state index in [1.54, 1.807) is 49.4 Å². The molecule has 0 saturated heterocycles. The highest BCUT2D eigenvalue weighted by Crippen LogP contribution is 2.13. The van der Waals surface area contributed by atoms with E-state index in [0.29, 0.717) is 16.8 Å². The fourth-order valence-corrected chi connectivity index (χ4v) is 1.92. The molecule has 0 radical (unpaired) electrons. The van der Waals surface area contributed by atoms with Crippen molar-refractivity contribution in [1.29, 1.82) is 5.26 Å². The Morgan fingerprint density at radius 2 is 1.88 bits per heavy atom. The van der Waals surface area contributed by atoms with E-state index in [1.807, 2.05) is 6.07 Å². The first-order valence-electron chi connectivity index (χ1n) is 7.32. The van der Waals surface area contributed by atoms with Gasteiger partial charge in [-0.05, 0) is 42.8 Å². The number of carbonyl (C=O) groups excluding carboxylic acids is 2. The maximum atomic E-state index is 12.1. The minimum atomic E-state index is -0.583. The van der Waals surface area contributed by atoms with Crippen LogP contribution < -0.4 is 5.32 Å². The Bertz CT molecular complexity index is 763. The number of hydrogen-bond acceptors (Lipinski definition) is 5. The van der Waals surface area contributed by atoms with Gasteiger partial charge in [-0.15, -0.1) is 0 Å². The first-order valence-corrected chi connectivity index (χ1v) is 7.32. The van der Waals surface area contributed by atoms with Crippen molar-refractivity contribution in [1.82, 2.24) is 0 Å². The maximum absolute atomic E-state index is 12.1. The van der Waals surface area contributed by atoms with Gasteiger partial charge in [0, 0.05) is 5.69 Å². The molecule has 0 spiro atoms. The van der Waals surface area contributed by atoms with Crippen LogP contribution in [-0.2, 0) is 16.1 Å². The highest BCUT2D eigenvalue weighted by atomic mass is 16.5. The molecule has 2 rings (SSSR count). The van der Waals surface area contributed by atoms with Crippen molar-refractivity contribution >= 4 is 17.7 Å². The Morgan fingerprint density at radius 1 is 1.12 bits per heavy atom. The number of ether oxygens (including phenoxy) is 2. The zero-order valence-corrected chi connectivity index (χ0v) is 13.1. The molecule has 0 aliphatic carbocycles. The molecule has 0 aromatic heterocycles. The van der Waals surface area contributed by atoms with E-state index in [-0.39, 0.29) is 13.2 Å². The van der Waals surface area contributed by atoms with Gasteiger partial charge in [-0.1, -0.05) is 18.2 Å². The van der Waals surface area contributed by atoms with Crippen molar-refractivity contribution in [3.63, 3.8) is 0 Å². The quantitative estimate of drug-likeness (QED) is 0.851. The molecule has 0 bridgehead atoms. The number of nitrogens with one attached hydrogen (secondary N) is 1. The SMILES string of the molecule is CCOC(=O)Nc1cccc(C(=O)OCc2ccc(C#N)cc2)c1. The van der Waals surface area contributed by atoms with Gasteiger partial charge in [-0.2, -0.15) is 5.26 Å². The highest BCUT2D eigenvalue weighted by Gasteiger charge is 2.10. The zero-order valence-electron chi connectivity index (χ0n) is 13.1. The summed E-state index contributed by atoms with van der Waals surface area (Å²) in [6, 6.07) is 15.2. The molecule has 6 nitrogen and oxygen atoms in total. The lowest BCUT2D eigenvalue weighted by Gasteiger charge is -2.08. The van der Waals surface area contributed by atoms with E-state index in [2.05, 4.69) is 5.32 Å². The molecule has 2 aromatic carbocycles. The third-order valence-corrected chi connectivity index (χ3v) is 3.07. The summed E-state index contributed by atoms with van der Waals surface area (Å²) in [4.78, 5) is 23.5. The van der Waals surface area contributed by atoms with E-state index in [4.69, 9.17) is 14.7 Å². The molecule has 0 aliphatic rings. The molecule has 1 amide bonds. The highest BCUT2D eigenvalue weighted by molar-refractivity contribution is 5.92. The Kier molecular flexibility index (Phi) is 5.92. The predicted octanol–water partition coefficient (Wildman–Crippen LogP) is 3.48. The van der Waals surface area contributed by atoms with E-state index in [9.17, 15) is 9.59 Å². The third kappa shape index (κ3) is 4.85. The molecule has 2 aromatic rings. The third-order valence-electron chi connectivity index (χ3n) is 3.07. The Labute approximate surface area is 139 Å². The van der Waals surface area contributed by atoms with Crippen LogP contribution in [-0.4, -0.2) is 18.7 Å². The van der Waals surface area contributed by atoms with Gasteiger partial charge in [0.1, 0.15) is 6.61 Å². The first-order chi connectivity index (χ1) is 11.6. The van der Waals surface area contributed by atoms with Crippen molar-refractivity contribution < 1.29 is 19.1 Å². The minimum absolute atomic E-state index is 0.0973. The molecule has 1 N–H and O–H groups in total. The average Bonchev–Trinajstić information content (AvgIpc) is 2.60. The topological polar surface area (TPSA) is 88.4 Å². The van der Waals surface area contributed by atoms with Crippen molar-refractivity contribution in [3.05, 3.63) is 65.2 Å². The number of carbonyl (C=O) groups is 2. The fourth-order valence-electron chi connectivity index (χ4n) is 1.92. The van der Waals surface area contributed by atoms with Crippen LogP contribution in [0.25, 0.3) is 0 Å². The second kappa shape index (κ2) is 8.34. The standard InChI is InChI=1S/C18H16N2O4/c1-2-23-18(22)20-16-5-3-4-15(10-16)17(21)24-12-14-8-6-13(11-19)7-9-14/h3-10H,2,12H2,1H3,(H,20,22). The van der Waals surface area contributed by atoms with Gasteiger partial charge < -0.3 is 9.47 Å². The lowest BCUT2D eigenvalue weighted by Crippen LogP contribution is -2.14. The average molecular weight is 324 g/mol. The molecule has 0 aliphatic heterocycles. The number of nitrogens with zero attached hydrogens (tertiary/aromatic N) is 1. The van der Waals surface area contributed by atoms with Crippen molar-refractivity contribution in [2.24, 2.45) is 0 Å². The lowest BCUT2D eigenvalue weighted by molar-refractivity contribution is 0.0472. The Hall–Kier alpha value is -3.33. The van der Waals surface area contributed by atoms with Crippen molar-refractivity contribution in [2.45, 2.75) is 13.5 Å². The number of hydrogen-bond donors (Lipinski definition) is 1. The van der Waals surface area contributed by atoms with Crippen LogP contribution in [0, 0.1) is 11.3 Å². The number of benzene rings is 2. The summed E-state index contributed by atoms with van der Waals surface area (Å²) in [7, 11) is 0. The van der Waals surface area contributed by atoms with E-state index >= 15 is 0 Å². The monoisotopic (exact) mass is 324 g/mol. The molecule has 0 heterocycles. The molecular weight excluding hydrogens is 308 g/mol. The second-order valence-corrected chi connectivity index (χ2v) is 4.81. The Balaban J connectivity index is 1.96. The molecule has 24 heavy (non-hydrogen) atoms. The van der Waals surface area contributed by atoms with Gasteiger partial charge >= 0.3 is 12.1 Å². The fraction of sp³-hybridized carbons (Fsp3) is 0.167. The number of esters is 1. The number of nitriles is 1. The van der Waals surface area contributed by atoms with Gasteiger partial charge in [-0.25, -0.2) is 9.59 Å². The summed E-state index contributed by atoms with van der Waals surface area (Å²) in [5, 5.41) is 11.3. The number of amides is 1. The molecule has 0 atom stereocenters. The van der Waals surface area contributed by atoms with Gasteiger partial charge in [0.25, 0.3) is 0 Å². The molecule has 0 unspecified atom stereocenters. The van der Waals surface area contributed by atoms with Gasteiger partial charge in [0.05, 0.1) is 23.8 Å². The van der Waals surface area contributed by atoms with Crippen molar-refractivity contribution in [2.75, 3.05) is 11.9 Å². The molecular formula is C18H16N2O4. The first kappa shape index (κ1) is 17.0. The van der Waals surface area contributed by atoms with E-state index in [1.165, 1.54) is 6.07 Å². The van der Waals surface area contributed by atoms with Gasteiger partial charge in [0.15, 0.2) is 0 Å². The maximum Gasteiger partial charge on any atom is 0.411 e. The predicted molar refractivity (Wildman–Crippen MR) is 87.4 cm³/mol. The van der Waals surface area contributed by atoms with Crippen LogP contribution in [0.15, 0.2) is 48.5 Å². The van der Waals surface area contributed by atoms with Gasteiger partial charge in [0.2, 0.25) is 0 Å². The molecule has 0 fully saturated rings. The summed E-state index contributed by atoms with van der Waals surface area (Å²) in [6.07, 6.45) is -0.583. The normalized spacial score (nSPS) is 9.67. The number of rotatable bonds is 5. The van der Waals surface area contributed by atoms with Crippen LogP contribution in [0.2, 0.25) is 0 Å². The van der Waals surface area contributed by atoms with Crippen LogP contribution in [0.1, 0.15) is 28.4 Å². The number of anilines is 1.